The topological polar surface area (TPSA) is 44.8 Å². The van der Waals surface area contributed by atoms with Crippen molar-refractivity contribution in [3.05, 3.63) is 70.3 Å². The fourth-order valence-electron chi connectivity index (χ4n) is 2.54. The first-order valence-electron chi connectivity index (χ1n) is 7.68. The molecule has 0 atom stereocenters. The van der Waals surface area contributed by atoms with Crippen LogP contribution < -0.4 is 14.2 Å². The number of rotatable bonds is 5. The molecule has 5 heteroatoms. The van der Waals surface area contributed by atoms with Gasteiger partial charge >= 0.3 is 0 Å². The number of benzene rings is 2. The van der Waals surface area contributed by atoms with Crippen LogP contribution in [0.25, 0.3) is 6.08 Å². The normalized spacial score (nSPS) is 13.0. The Morgan fingerprint density at radius 1 is 1.16 bits per heavy atom. The summed E-state index contributed by atoms with van der Waals surface area (Å²) in [6, 6.07) is 10.5. The smallest absolute Gasteiger partial charge is 0.189 e. The predicted molar refractivity (Wildman–Crippen MR) is 97.9 cm³/mol. The third kappa shape index (κ3) is 3.86. The molecule has 0 aromatic heterocycles. The van der Waals surface area contributed by atoms with E-state index in [1.165, 1.54) is 13.2 Å². The van der Waals surface area contributed by atoms with E-state index in [0.717, 1.165) is 16.9 Å². The Balaban J connectivity index is 1.82. The molecule has 0 saturated carbocycles. The third-order valence-corrected chi connectivity index (χ3v) is 4.07. The maximum absolute atomic E-state index is 12.5. The predicted octanol–water partition coefficient (Wildman–Crippen LogP) is 4.57. The van der Waals surface area contributed by atoms with E-state index in [4.69, 9.17) is 25.8 Å². The average Bonchev–Trinajstić information content (AvgIpc) is 2.65. The number of hydrogen-bond donors (Lipinski definition) is 0. The highest BCUT2D eigenvalue weighted by molar-refractivity contribution is 6.30. The van der Waals surface area contributed by atoms with Gasteiger partial charge in [0.1, 0.15) is 23.9 Å². The molecule has 128 valence electrons. The maximum atomic E-state index is 12.5. The molecule has 0 radical (unpaired) electrons. The molecule has 3 rings (SSSR count). The minimum Gasteiger partial charge on any atom is -0.497 e. The molecule has 1 aliphatic heterocycles. The van der Waals surface area contributed by atoms with Crippen LogP contribution in [0, 0.1) is 0 Å². The Bertz CT molecular complexity index is 868. The van der Waals surface area contributed by atoms with Gasteiger partial charge in [-0.1, -0.05) is 17.7 Å². The quantitative estimate of drug-likeness (QED) is 0.581. The largest absolute Gasteiger partial charge is 0.497 e. The van der Waals surface area contributed by atoms with Crippen molar-refractivity contribution in [3.63, 3.8) is 0 Å². The Labute approximate surface area is 151 Å². The number of methoxy groups -OCH3 is 2. The van der Waals surface area contributed by atoms with E-state index in [-0.39, 0.29) is 5.78 Å². The summed E-state index contributed by atoms with van der Waals surface area (Å²) in [6.45, 7) is 0.401. The molecule has 0 unspecified atom stereocenters. The van der Waals surface area contributed by atoms with E-state index in [0.29, 0.717) is 28.7 Å². The minimum atomic E-state index is -0.155. The van der Waals surface area contributed by atoms with Crippen molar-refractivity contribution in [2.24, 2.45) is 0 Å². The van der Waals surface area contributed by atoms with Crippen molar-refractivity contribution in [2.75, 3.05) is 20.8 Å². The lowest BCUT2D eigenvalue weighted by atomic mass is 10.0. The summed E-state index contributed by atoms with van der Waals surface area (Å²) in [5.74, 6) is 1.73. The van der Waals surface area contributed by atoms with Gasteiger partial charge in [0.05, 0.1) is 19.8 Å². The van der Waals surface area contributed by atoms with Crippen LogP contribution in [-0.4, -0.2) is 26.6 Å². The zero-order valence-corrected chi connectivity index (χ0v) is 14.7. The molecule has 0 spiro atoms. The van der Waals surface area contributed by atoms with E-state index < -0.39 is 0 Å². The summed E-state index contributed by atoms with van der Waals surface area (Å²) in [6.07, 6.45) is 5.21. The van der Waals surface area contributed by atoms with Crippen LogP contribution in [0.1, 0.15) is 15.9 Å². The lowest BCUT2D eigenvalue weighted by Crippen LogP contribution is -2.06. The molecule has 4 nitrogen and oxygen atoms in total. The van der Waals surface area contributed by atoms with E-state index in [2.05, 4.69) is 0 Å². The van der Waals surface area contributed by atoms with Gasteiger partial charge in [0, 0.05) is 16.7 Å². The second-order valence-electron chi connectivity index (χ2n) is 5.45. The van der Waals surface area contributed by atoms with E-state index >= 15 is 0 Å². The molecule has 0 N–H and O–H groups in total. The van der Waals surface area contributed by atoms with Gasteiger partial charge in [0.2, 0.25) is 0 Å². The molecule has 25 heavy (non-hydrogen) atoms. The first-order valence-corrected chi connectivity index (χ1v) is 8.06. The number of halogens is 1. The lowest BCUT2D eigenvalue weighted by molar-refractivity contribution is 0.104. The van der Waals surface area contributed by atoms with Crippen LogP contribution in [0.5, 0.6) is 17.2 Å². The zero-order valence-electron chi connectivity index (χ0n) is 13.9. The van der Waals surface area contributed by atoms with Crippen molar-refractivity contribution >= 4 is 23.5 Å². The molecule has 0 fully saturated rings. The fraction of sp³-hybridized carbons (Fsp3) is 0.150. The van der Waals surface area contributed by atoms with Gasteiger partial charge in [0.25, 0.3) is 0 Å². The molecule has 2 aromatic rings. The van der Waals surface area contributed by atoms with E-state index in [1.54, 1.807) is 37.5 Å². The highest BCUT2D eigenvalue weighted by atomic mass is 35.5. The number of carbonyl (C=O) groups excluding carboxylic acids is 1. The van der Waals surface area contributed by atoms with Crippen molar-refractivity contribution in [1.29, 1.82) is 0 Å². The summed E-state index contributed by atoms with van der Waals surface area (Å²) in [5, 5.41) is 0.642. The van der Waals surface area contributed by atoms with E-state index in [1.807, 2.05) is 18.2 Å². The van der Waals surface area contributed by atoms with E-state index in [9.17, 15) is 4.79 Å². The summed E-state index contributed by atoms with van der Waals surface area (Å²) < 4.78 is 16.1. The molecule has 0 saturated heterocycles. The van der Waals surface area contributed by atoms with Crippen LogP contribution in [0.2, 0.25) is 5.02 Å². The lowest BCUT2D eigenvalue weighted by Gasteiger charge is -2.16. The standard InChI is InChI=1S/C20H17ClO4/c1-23-16-5-6-17(20(11-16)24-2)18(22)7-3-13-9-14-10-15(21)4-8-19(14)25-12-13/h3-11H,12H2,1-2H3. The molecular formula is C20H17ClO4. The Morgan fingerprint density at radius 3 is 2.76 bits per heavy atom. The van der Waals surface area contributed by atoms with Crippen LogP contribution in [-0.2, 0) is 0 Å². The van der Waals surface area contributed by atoms with Gasteiger partial charge in [-0.2, -0.15) is 0 Å². The van der Waals surface area contributed by atoms with Gasteiger partial charge in [0.15, 0.2) is 5.78 Å². The second kappa shape index (κ2) is 7.45. The highest BCUT2D eigenvalue weighted by Gasteiger charge is 2.13. The summed E-state index contributed by atoms with van der Waals surface area (Å²) in [4.78, 5) is 12.5. The van der Waals surface area contributed by atoms with Gasteiger partial charge in [-0.3, -0.25) is 4.79 Å². The Morgan fingerprint density at radius 2 is 2.00 bits per heavy atom. The SMILES string of the molecule is COc1ccc(C(=O)C=CC2=Cc3cc(Cl)ccc3OC2)c(OC)c1. The molecule has 2 aromatic carbocycles. The van der Waals surface area contributed by atoms with Crippen LogP contribution in [0.15, 0.2) is 54.1 Å². The second-order valence-corrected chi connectivity index (χ2v) is 5.89. The summed E-state index contributed by atoms with van der Waals surface area (Å²) >= 11 is 6.01. The number of fused-ring (bicyclic) bond motifs is 1. The highest BCUT2D eigenvalue weighted by Crippen LogP contribution is 2.29. The molecule has 0 bridgehead atoms. The van der Waals surface area contributed by atoms with Gasteiger partial charge in [-0.25, -0.2) is 0 Å². The molecule has 0 amide bonds. The zero-order chi connectivity index (χ0) is 17.8. The Kier molecular flexibility index (Phi) is 5.10. The number of ketones is 1. The van der Waals surface area contributed by atoms with Crippen LogP contribution in [0.4, 0.5) is 0 Å². The molecule has 1 aliphatic rings. The third-order valence-electron chi connectivity index (χ3n) is 3.83. The first-order chi connectivity index (χ1) is 12.1. The Hall–Kier alpha value is -2.72. The van der Waals surface area contributed by atoms with Gasteiger partial charge in [-0.15, -0.1) is 0 Å². The first kappa shape index (κ1) is 17.1. The number of allylic oxidation sites excluding steroid dienone is 1. The van der Waals surface area contributed by atoms with Crippen molar-refractivity contribution in [1.82, 2.24) is 0 Å². The summed E-state index contributed by atoms with van der Waals surface area (Å²) in [7, 11) is 3.09. The summed E-state index contributed by atoms with van der Waals surface area (Å²) in [5.41, 5.74) is 2.25. The van der Waals surface area contributed by atoms with Gasteiger partial charge in [-0.05, 0) is 48.1 Å². The average molecular weight is 357 g/mol. The number of hydrogen-bond acceptors (Lipinski definition) is 4. The molecule has 1 heterocycles. The van der Waals surface area contributed by atoms with Crippen LogP contribution in [0.3, 0.4) is 0 Å². The van der Waals surface area contributed by atoms with Crippen LogP contribution >= 0.6 is 11.6 Å². The number of ether oxygens (including phenoxy) is 3. The maximum Gasteiger partial charge on any atom is 0.189 e. The van der Waals surface area contributed by atoms with Crippen molar-refractivity contribution in [2.45, 2.75) is 0 Å². The fourth-order valence-corrected chi connectivity index (χ4v) is 2.72. The molecular weight excluding hydrogens is 340 g/mol. The van der Waals surface area contributed by atoms with Crippen molar-refractivity contribution < 1.29 is 19.0 Å². The monoisotopic (exact) mass is 356 g/mol. The van der Waals surface area contributed by atoms with Gasteiger partial charge < -0.3 is 14.2 Å². The number of carbonyl (C=O) groups is 1. The van der Waals surface area contributed by atoms with Crippen molar-refractivity contribution in [3.8, 4) is 17.2 Å². The minimum absolute atomic E-state index is 0.155. The molecule has 0 aliphatic carbocycles.